The van der Waals surface area contributed by atoms with E-state index in [1.54, 1.807) is 24.3 Å². The summed E-state index contributed by atoms with van der Waals surface area (Å²) in [4.78, 5) is 30.4. The molecule has 1 heterocycles. The molecule has 7 heteroatoms. The van der Waals surface area contributed by atoms with Gasteiger partial charge in [0.2, 0.25) is 0 Å². The van der Waals surface area contributed by atoms with Crippen LogP contribution in [0.15, 0.2) is 71.7 Å². The lowest BCUT2D eigenvalue weighted by molar-refractivity contribution is 0.0863. The van der Waals surface area contributed by atoms with Gasteiger partial charge in [-0.3, -0.25) is 9.59 Å². The monoisotopic (exact) mass is 388 g/mol. The highest BCUT2D eigenvalue weighted by molar-refractivity contribution is 6.35. The molecule has 0 radical (unpaired) electrons. The van der Waals surface area contributed by atoms with Crippen molar-refractivity contribution in [1.82, 2.24) is 4.73 Å². The normalized spacial score (nSPS) is 10.4. The zero-order chi connectivity index (χ0) is 18.5. The van der Waals surface area contributed by atoms with Gasteiger partial charge < -0.3 is 10.2 Å². The van der Waals surface area contributed by atoms with Crippen molar-refractivity contribution in [3.8, 4) is 0 Å². The quantitative estimate of drug-likeness (QED) is 0.717. The van der Waals surface area contributed by atoms with E-state index in [0.717, 1.165) is 10.3 Å². The Morgan fingerprint density at radius 3 is 2.38 bits per heavy atom. The lowest BCUT2D eigenvalue weighted by atomic mass is 10.2. The summed E-state index contributed by atoms with van der Waals surface area (Å²) in [6.45, 7) is 0.204. The predicted molar refractivity (Wildman–Crippen MR) is 102 cm³/mol. The third kappa shape index (κ3) is 4.45. The number of halogens is 2. The number of nitrogens with one attached hydrogen (secondary N) is 1. The Balaban J connectivity index is 1.77. The van der Waals surface area contributed by atoms with E-state index in [1.165, 1.54) is 12.3 Å². The van der Waals surface area contributed by atoms with Crippen LogP contribution in [0.4, 0.5) is 5.69 Å². The highest BCUT2D eigenvalue weighted by Crippen LogP contribution is 2.22. The molecule has 5 nitrogen and oxygen atoms in total. The maximum atomic E-state index is 12.5. The zero-order valence-electron chi connectivity index (χ0n) is 13.5. The largest absolute Gasteiger partial charge is 0.406 e. The molecule has 0 bridgehead atoms. The molecule has 0 fully saturated rings. The minimum absolute atomic E-state index is 0.0586. The molecule has 2 aromatic carbocycles. The van der Waals surface area contributed by atoms with E-state index in [4.69, 9.17) is 28.0 Å². The van der Waals surface area contributed by atoms with Gasteiger partial charge >= 0.3 is 0 Å². The number of pyridine rings is 1. The van der Waals surface area contributed by atoms with Crippen LogP contribution in [0, 0.1) is 0 Å². The topological polar surface area (TPSA) is 60.3 Å². The van der Waals surface area contributed by atoms with Crippen molar-refractivity contribution in [1.29, 1.82) is 0 Å². The molecule has 0 aliphatic carbocycles. The number of aromatic nitrogens is 1. The van der Waals surface area contributed by atoms with E-state index in [2.05, 4.69) is 5.32 Å². The van der Waals surface area contributed by atoms with Crippen molar-refractivity contribution in [2.75, 3.05) is 5.32 Å². The number of rotatable bonds is 5. The van der Waals surface area contributed by atoms with Gasteiger partial charge in [0.15, 0.2) is 0 Å². The van der Waals surface area contributed by atoms with Gasteiger partial charge in [-0.1, -0.05) is 53.5 Å². The molecule has 0 atom stereocenters. The highest BCUT2D eigenvalue weighted by Gasteiger charge is 2.13. The Morgan fingerprint density at radius 2 is 1.69 bits per heavy atom. The molecule has 26 heavy (non-hydrogen) atoms. The molecule has 0 aliphatic rings. The molecule has 1 N–H and O–H groups in total. The van der Waals surface area contributed by atoms with E-state index >= 15 is 0 Å². The molecule has 1 amide bonds. The van der Waals surface area contributed by atoms with E-state index in [1.807, 2.05) is 30.3 Å². The SMILES string of the molecule is O=C(Nc1cc(Cl)cc(Cl)c1)c1cccn(OCc2ccccc2)c1=O. The number of carbonyl (C=O) groups excluding carboxylic acids is 1. The van der Waals surface area contributed by atoms with Crippen LogP contribution in [0.25, 0.3) is 0 Å². The third-order valence-corrected chi connectivity index (χ3v) is 3.93. The molecular weight excluding hydrogens is 375 g/mol. The maximum absolute atomic E-state index is 12.5. The average Bonchev–Trinajstić information content (AvgIpc) is 2.60. The van der Waals surface area contributed by atoms with E-state index < -0.39 is 11.5 Å². The molecule has 3 rings (SSSR count). The number of anilines is 1. The molecular formula is C19H14Cl2N2O3. The van der Waals surface area contributed by atoms with Crippen LogP contribution in [0.2, 0.25) is 10.0 Å². The minimum Gasteiger partial charge on any atom is -0.406 e. The van der Waals surface area contributed by atoms with E-state index in [-0.39, 0.29) is 12.2 Å². The van der Waals surface area contributed by atoms with Crippen LogP contribution in [0.3, 0.4) is 0 Å². The van der Waals surface area contributed by atoms with Gasteiger partial charge in [-0.05, 0) is 35.9 Å². The van der Waals surface area contributed by atoms with Crippen LogP contribution >= 0.6 is 23.2 Å². The highest BCUT2D eigenvalue weighted by atomic mass is 35.5. The number of hydrogen-bond acceptors (Lipinski definition) is 3. The molecule has 0 unspecified atom stereocenters. The van der Waals surface area contributed by atoms with E-state index in [9.17, 15) is 9.59 Å². The minimum atomic E-state index is -0.578. The summed E-state index contributed by atoms with van der Waals surface area (Å²) in [6.07, 6.45) is 1.46. The van der Waals surface area contributed by atoms with Gasteiger partial charge in [0, 0.05) is 21.9 Å². The molecule has 1 aromatic heterocycles. The second kappa shape index (κ2) is 8.08. The molecule has 0 saturated heterocycles. The summed E-state index contributed by atoms with van der Waals surface area (Å²) in [7, 11) is 0. The first-order chi connectivity index (χ1) is 12.5. The third-order valence-electron chi connectivity index (χ3n) is 3.49. The smallest absolute Gasteiger partial charge is 0.295 e. The fraction of sp³-hybridized carbons (Fsp3) is 0.0526. The predicted octanol–water partition coefficient (Wildman–Crippen LogP) is 4.04. The van der Waals surface area contributed by atoms with Crippen LogP contribution < -0.4 is 15.7 Å². The summed E-state index contributed by atoms with van der Waals surface area (Å²) in [5.41, 5.74) is 0.682. The van der Waals surface area contributed by atoms with Gasteiger partial charge in [0.25, 0.3) is 11.5 Å². The van der Waals surface area contributed by atoms with Crippen molar-refractivity contribution in [2.45, 2.75) is 6.61 Å². The van der Waals surface area contributed by atoms with Gasteiger partial charge in [-0.15, -0.1) is 0 Å². The molecule has 3 aromatic rings. The van der Waals surface area contributed by atoms with Crippen molar-refractivity contribution >= 4 is 34.8 Å². The van der Waals surface area contributed by atoms with Gasteiger partial charge in [-0.25, -0.2) is 0 Å². The van der Waals surface area contributed by atoms with Crippen molar-refractivity contribution < 1.29 is 9.63 Å². The van der Waals surface area contributed by atoms with Crippen molar-refractivity contribution in [3.63, 3.8) is 0 Å². The zero-order valence-corrected chi connectivity index (χ0v) is 15.0. The number of benzene rings is 2. The average molecular weight is 389 g/mol. The fourth-order valence-corrected chi connectivity index (χ4v) is 2.82. The van der Waals surface area contributed by atoms with Gasteiger partial charge in [0.05, 0.1) is 0 Å². The number of carbonyl (C=O) groups is 1. The van der Waals surface area contributed by atoms with Crippen molar-refractivity contribution in [3.05, 3.63) is 98.4 Å². The fourth-order valence-electron chi connectivity index (χ4n) is 2.29. The summed E-state index contributed by atoms with van der Waals surface area (Å²) < 4.78 is 1.03. The van der Waals surface area contributed by atoms with Gasteiger partial charge in [-0.2, -0.15) is 4.73 Å². The molecule has 132 valence electrons. The first-order valence-corrected chi connectivity index (χ1v) is 8.45. The Labute approximate surface area is 159 Å². The summed E-state index contributed by atoms with van der Waals surface area (Å²) in [5.74, 6) is -0.578. The molecule has 0 spiro atoms. The lowest BCUT2D eigenvalue weighted by Gasteiger charge is -2.10. The van der Waals surface area contributed by atoms with Crippen LogP contribution in [-0.4, -0.2) is 10.6 Å². The lowest BCUT2D eigenvalue weighted by Crippen LogP contribution is -2.32. The molecule has 0 aliphatic heterocycles. The standard InChI is InChI=1S/C19H14Cl2N2O3/c20-14-9-15(21)11-16(10-14)22-18(24)17-7-4-8-23(19(17)25)26-12-13-5-2-1-3-6-13/h1-11H,12H2,(H,22,24). The Bertz CT molecular complexity index is 967. The van der Waals surface area contributed by atoms with Crippen LogP contribution in [0.5, 0.6) is 0 Å². The second-order valence-electron chi connectivity index (χ2n) is 5.42. The number of hydrogen-bond donors (Lipinski definition) is 1. The number of nitrogens with zero attached hydrogens (tertiary/aromatic N) is 1. The second-order valence-corrected chi connectivity index (χ2v) is 6.30. The first kappa shape index (κ1) is 18.0. The maximum Gasteiger partial charge on any atom is 0.295 e. The van der Waals surface area contributed by atoms with Crippen molar-refractivity contribution in [2.24, 2.45) is 0 Å². The molecule has 0 saturated carbocycles. The summed E-state index contributed by atoms with van der Waals surface area (Å²) >= 11 is 11.8. The Morgan fingerprint density at radius 1 is 1.00 bits per heavy atom. The first-order valence-electron chi connectivity index (χ1n) is 7.69. The summed E-state index contributed by atoms with van der Waals surface area (Å²) in [5, 5.41) is 3.36. The summed E-state index contributed by atoms with van der Waals surface area (Å²) in [6, 6.07) is 17.0. The Kier molecular flexibility index (Phi) is 5.61. The van der Waals surface area contributed by atoms with Gasteiger partial charge in [0.1, 0.15) is 12.2 Å². The van der Waals surface area contributed by atoms with Crippen LogP contribution in [-0.2, 0) is 6.61 Å². The van der Waals surface area contributed by atoms with Crippen LogP contribution in [0.1, 0.15) is 15.9 Å². The van der Waals surface area contributed by atoms with E-state index in [0.29, 0.717) is 15.7 Å². The Hall–Kier alpha value is -2.76. The number of amides is 1.